The highest BCUT2D eigenvalue weighted by molar-refractivity contribution is 7.92. The molecule has 0 bridgehead atoms. The first-order chi connectivity index (χ1) is 17.9. The zero-order valence-electron chi connectivity index (χ0n) is 21.1. The molecule has 0 saturated heterocycles. The molecule has 2 amide bonds. The van der Waals surface area contributed by atoms with E-state index >= 15 is 0 Å². The molecule has 0 fully saturated rings. The average molecular weight is 581 g/mol. The van der Waals surface area contributed by atoms with Crippen molar-refractivity contribution < 1.29 is 22.4 Å². The van der Waals surface area contributed by atoms with E-state index < -0.39 is 40.2 Å². The Hall–Kier alpha value is -3.14. The Kier molecular flexibility index (Phi) is 9.76. The second-order valence-electron chi connectivity index (χ2n) is 8.59. The van der Waals surface area contributed by atoms with Crippen LogP contribution in [0.5, 0.6) is 0 Å². The van der Waals surface area contributed by atoms with Crippen LogP contribution in [0.15, 0.2) is 71.6 Å². The molecule has 0 aliphatic rings. The molecule has 7 nitrogen and oxygen atoms in total. The molecule has 0 radical (unpaired) electrons. The minimum atomic E-state index is -4.29. The number of benzene rings is 3. The lowest BCUT2D eigenvalue weighted by Crippen LogP contribution is -2.51. The minimum absolute atomic E-state index is 0.131. The number of amides is 2. The monoisotopic (exact) mass is 579 g/mol. The highest BCUT2D eigenvalue weighted by Gasteiger charge is 2.33. The Bertz CT molecular complexity index is 1380. The van der Waals surface area contributed by atoms with Crippen LogP contribution < -0.4 is 9.62 Å². The van der Waals surface area contributed by atoms with Crippen LogP contribution in [0, 0.1) is 12.7 Å². The summed E-state index contributed by atoms with van der Waals surface area (Å²) in [6, 6.07) is 14.8. The van der Waals surface area contributed by atoms with Gasteiger partial charge >= 0.3 is 0 Å². The van der Waals surface area contributed by atoms with Crippen molar-refractivity contribution in [2.45, 2.75) is 38.3 Å². The smallest absolute Gasteiger partial charge is 0.264 e. The SMILES string of the molecule is CCNC(=O)[C@@H](C)N(Cc1c(Cl)cccc1Cl)C(=O)CN(c1ccc(C)cc1)S(=O)(=O)c1ccc(F)cc1. The van der Waals surface area contributed by atoms with Crippen LogP contribution in [0.1, 0.15) is 25.0 Å². The second kappa shape index (κ2) is 12.6. The van der Waals surface area contributed by atoms with Crippen molar-refractivity contribution in [3.05, 3.63) is 93.7 Å². The Balaban J connectivity index is 2.06. The van der Waals surface area contributed by atoms with Crippen molar-refractivity contribution in [3.8, 4) is 0 Å². The van der Waals surface area contributed by atoms with Crippen LogP contribution in [-0.4, -0.2) is 44.3 Å². The van der Waals surface area contributed by atoms with Crippen molar-refractivity contribution in [2.24, 2.45) is 0 Å². The van der Waals surface area contributed by atoms with Crippen molar-refractivity contribution in [1.29, 1.82) is 0 Å². The van der Waals surface area contributed by atoms with Gasteiger partial charge in [0, 0.05) is 28.7 Å². The molecule has 0 aliphatic heterocycles. The first kappa shape index (κ1) is 29.4. The first-order valence-corrected chi connectivity index (χ1v) is 14.0. The molecule has 202 valence electrons. The van der Waals surface area contributed by atoms with Crippen LogP contribution in [0.3, 0.4) is 0 Å². The fraction of sp³-hybridized carbons (Fsp3) is 0.259. The van der Waals surface area contributed by atoms with Crippen molar-refractivity contribution in [1.82, 2.24) is 10.2 Å². The molecule has 0 unspecified atom stereocenters. The topological polar surface area (TPSA) is 86.8 Å². The van der Waals surface area contributed by atoms with Gasteiger partial charge in [-0.05, 0) is 69.3 Å². The molecule has 1 N–H and O–H groups in total. The Morgan fingerprint density at radius 3 is 2.11 bits per heavy atom. The lowest BCUT2D eigenvalue weighted by Gasteiger charge is -2.32. The molecule has 11 heteroatoms. The lowest BCUT2D eigenvalue weighted by molar-refractivity contribution is -0.139. The summed E-state index contributed by atoms with van der Waals surface area (Å²) >= 11 is 12.7. The molecule has 3 aromatic rings. The van der Waals surface area contributed by atoms with Crippen LogP contribution in [-0.2, 0) is 26.2 Å². The third-order valence-corrected chi connectivity index (χ3v) is 8.41. The molecule has 0 saturated carbocycles. The van der Waals surface area contributed by atoms with Gasteiger partial charge in [-0.3, -0.25) is 13.9 Å². The van der Waals surface area contributed by atoms with Gasteiger partial charge < -0.3 is 10.2 Å². The zero-order valence-corrected chi connectivity index (χ0v) is 23.4. The van der Waals surface area contributed by atoms with Gasteiger partial charge in [0.1, 0.15) is 18.4 Å². The van der Waals surface area contributed by atoms with E-state index in [1.165, 1.54) is 4.90 Å². The van der Waals surface area contributed by atoms with Crippen LogP contribution in [0.2, 0.25) is 10.0 Å². The number of likely N-dealkylation sites (N-methyl/N-ethyl adjacent to an activating group) is 1. The number of sulfonamides is 1. The van der Waals surface area contributed by atoms with E-state index in [0.29, 0.717) is 22.2 Å². The maximum Gasteiger partial charge on any atom is 0.264 e. The van der Waals surface area contributed by atoms with E-state index in [2.05, 4.69) is 5.32 Å². The summed E-state index contributed by atoms with van der Waals surface area (Å²) in [5, 5.41) is 3.28. The number of nitrogens with zero attached hydrogens (tertiary/aromatic N) is 2. The van der Waals surface area contributed by atoms with Gasteiger partial charge in [-0.1, -0.05) is 47.0 Å². The van der Waals surface area contributed by atoms with Crippen molar-refractivity contribution in [3.63, 3.8) is 0 Å². The normalized spacial score (nSPS) is 12.1. The van der Waals surface area contributed by atoms with E-state index in [4.69, 9.17) is 23.2 Å². The van der Waals surface area contributed by atoms with Gasteiger partial charge in [-0.25, -0.2) is 12.8 Å². The van der Waals surface area contributed by atoms with E-state index in [1.807, 2.05) is 6.92 Å². The van der Waals surface area contributed by atoms with Crippen molar-refractivity contribution in [2.75, 3.05) is 17.4 Å². The second-order valence-corrected chi connectivity index (χ2v) is 11.3. The molecule has 3 rings (SSSR count). The molecule has 3 aromatic carbocycles. The predicted octanol–water partition coefficient (Wildman–Crippen LogP) is 5.19. The largest absolute Gasteiger partial charge is 0.355 e. The minimum Gasteiger partial charge on any atom is -0.355 e. The summed E-state index contributed by atoms with van der Waals surface area (Å²) in [7, 11) is -4.29. The predicted molar refractivity (Wildman–Crippen MR) is 147 cm³/mol. The van der Waals surface area contributed by atoms with Crippen LogP contribution in [0.4, 0.5) is 10.1 Å². The Morgan fingerprint density at radius 1 is 0.974 bits per heavy atom. The summed E-state index contributed by atoms with van der Waals surface area (Å²) < 4.78 is 41.8. The lowest BCUT2D eigenvalue weighted by atomic mass is 10.1. The van der Waals surface area contributed by atoms with Gasteiger partial charge in [-0.2, -0.15) is 0 Å². The van der Waals surface area contributed by atoms with E-state index in [1.54, 1.807) is 56.3 Å². The Labute approximate surface area is 232 Å². The number of carbonyl (C=O) groups is 2. The van der Waals surface area contributed by atoms with Crippen LogP contribution in [0.25, 0.3) is 0 Å². The Morgan fingerprint density at radius 2 is 1.55 bits per heavy atom. The molecular weight excluding hydrogens is 552 g/mol. The summed E-state index contributed by atoms with van der Waals surface area (Å²) in [6.45, 7) is 4.71. The number of halogens is 3. The van der Waals surface area contributed by atoms with Gasteiger partial charge in [0.25, 0.3) is 10.0 Å². The van der Waals surface area contributed by atoms with Gasteiger partial charge in [0.05, 0.1) is 10.6 Å². The summed E-state index contributed by atoms with van der Waals surface area (Å²) in [5.74, 6) is -1.68. The van der Waals surface area contributed by atoms with Crippen molar-refractivity contribution >= 4 is 50.7 Å². The maximum atomic E-state index is 13.8. The third-order valence-electron chi connectivity index (χ3n) is 5.91. The summed E-state index contributed by atoms with van der Waals surface area (Å²) in [6.07, 6.45) is 0. The summed E-state index contributed by atoms with van der Waals surface area (Å²) in [5.41, 5.74) is 1.54. The third kappa shape index (κ3) is 6.83. The number of aryl methyl sites for hydroxylation is 1. The van der Waals surface area contributed by atoms with E-state index in [-0.39, 0.29) is 17.1 Å². The van der Waals surface area contributed by atoms with E-state index in [0.717, 1.165) is 34.1 Å². The molecule has 0 aliphatic carbocycles. The quantitative estimate of drug-likeness (QED) is 0.358. The molecule has 0 spiro atoms. The molecular formula is C27H28Cl2FN3O4S. The van der Waals surface area contributed by atoms with Gasteiger partial charge in [0.2, 0.25) is 11.8 Å². The summed E-state index contributed by atoms with van der Waals surface area (Å²) in [4.78, 5) is 27.6. The molecule has 0 heterocycles. The highest BCUT2D eigenvalue weighted by atomic mass is 35.5. The van der Waals surface area contributed by atoms with Gasteiger partial charge in [-0.15, -0.1) is 0 Å². The fourth-order valence-electron chi connectivity index (χ4n) is 3.73. The van der Waals surface area contributed by atoms with Gasteiger partial charge in [0.15, 0.2) is 0 Å². The average Bonchev–Trinajstić information content (AvgIpc) is 2.87. The number of carbonyl (C=O) groups excluding carboxylic acids is 2. The number of anilines is 1. The first-order valence-electron chi connectivity index (χ1n) is 11.8. The zero-order chi connectivity index (χ0) is 28.0. The standard InChI is InChI=1S/C27H28Cl2FN3O4S/c1-4-31-27(35)19(3)32(16-23-24(28)6-5-7-25(23)29)26(34)17-33(21-12-8-18(2)9-13-21)38(36,37)22-14-10-20(30)11-15-22/h5-15,19H,4,16-17H2,1-3H3,(H,31,35)/t19-/m1/s1. The number of nitrogens with one attached hydrogen (secondary N) is 1. The molecule has 1 atom stereocenters. The number of hydrogen-bond acceptors (Lipinski definition) is 4. The highest BCUT2D eigenvalue weighted by Crippen LogP contribution is 2.28. The number of hydrogen-bond donors (Lipinski definition) is 1. The van der Waals surface area contributed by atoms with E-state index in [9.17, 15) is 22.4 Å². The number of rotatable bonds is 10. The maximum absolute atomic E-state index is 13.8. The van der Waals surface area contributed by atoms with Crippen LogP contribution >= 0.6 is 23.2 Å². The molecule has 38 heavy (non-hydrogen) atoms. The molecule has 0 aromatic heterocycles. The fourth-order valence-corrected chi connectivity index (χ4v) is 5.66.